The van der Waals surface area contributed by atoms with Crippen LogP contribution < -0.4 is 4.74 Å². The summed E-state index contributed by atoms with van der Waals surface area (Å²) in [4.78, 5) is 10.5. The maximum Gasteiger partial charge on any atom is 0.339 e. The van der Waals surface area contributed by atoms with Crippen LogP contribution in [0.1, 0.15) is 10.4 Å². The van der Waals surface area contributed by atoms with E-state index in [4.69, 9.17) is 5.11 Å². The standard InChI is InChI=1S/C8H6F2O3/c1-13-7-5(8(11)12)2-4(9)3-6(7)10/h2-3H,1H3,(H,11,12). The molecule has 0 unspecified atom stereocenters. The van der Waals surface area contributed by atoms with Gasteiger partial charge in [0.25, 0.3) is 0 Å². The third kappa shape index (κ3) is 1.74. The first-order valence-electron chi connectivity index (χ1n) is 3.32. The predicted molar refractivity (Wildman–Crippen MR) is 39.9 cm³/mol. The molecule has 0 aliphatic carbocycles. The van der Waals surface area contributed by atoms with E-state index in [9.17, 15) is 13.6 Å². The van der Waals surface area contributed by atoms with Crippen LogP contribution >= 0.6 is 0 Å². The zero-order valence-electron chi connectivity index (χ0n) is 6.67. The molecule has 0 aromatic heterocycles. The van der Waals surface area contributed by atoms with Gasteiger partial charge in [0.2, 0.25) is 0 Å². The number of methoxy groups -OCH3 is 1. The van der Waals surface area contributed by atoms with Crippen LogP contribution in [0.15, 0.2) is 12.1 Å². The molecule has 0 aliphatic heterocycles. The lowest BCUT2D eigenvalue weighted by Gasteiger charge is -2.05. The van der Waals surface area contributed by atoms with Crippen LogP contribution in [-0.2, 0) is 0 Å². The topological polar surface area (TPSA) is 46.5 Å². The highest BCUT2D eigenvalue weighted by Crippen LogP contribution is 2.23. The van der Waals surface area contributed by atoms with Gasteiger partial charge in [-0.2, -0.15) is 0 Å². The second kappa shape index (κ2) is 3.38. The molecule has 0 fully saturated rings. The summed E-state index contributed by atoms with van der Waals surface area (Å²) in [7, 11) is 1.11. The molecule has 0 amide bonds. The Balaban J connectivity index is 3.38. The fourth-order valence-corrected chi connectivity index (χ4v) is 0.927. The SMILES string of the molecule is COc1c(F)cc(F)cc1C(=O)O. The van der Waals surface area contributed by atoms with E-state index in [2.05, 4.69) is 4.74 Å². The molecule has 0 saturated heterocycles. The first kappa shape index (κ1) is 9.44. The Labute approximate surface area is 72.6 Å². The molecule has 0 heterocycles. The van der Waals surface area contributed by atoms with Crippen LogP contribution in [0.25, 0.3) is 0 Å². The van der Waals surface area contributed by atoms with Crippen molar-refractivity contribution in [1.82, 2.24) is 0 Å². The number of carboxylic acid groups (broad SMARTS) is 1. The zero-order chi connectivity index (χ0) is 10.0. The number of carbonyl (C=O) groups is 1. The highest BCUT2D eigenvalue weighted by Gasteiger charge is 2.16. The van der Waals surface area contributed by atoms with Gasteiger partial charge in [-0.3, -0.25) is 0 Å². The quantitative estimate of drug-likeness (QED) is 0.767. The summed E-state index contributed by atoms with van der Waals surface area (Å²) >= 11 is 0. The number of benzene rings is 1. The van der Waals surface area contributed by atoms with E-state index in [0.29, 0.717) is 12.1 Å². The maximum absolute atomic E-state index is 12.8. The number of aromatic carboxylic acids is 1. The van der Waals surface area contributed by atoms with E-state index >= 15 is 0 Å². The van der Waals surface area contributed by atoms with Crippen LogP contribution in [-0.4, -0.2) is 18.2 Å². The molecule has 0 spiro atoms. The monoisotopic (exact) mass is 188 g/mol. The van der Waals surface area contributed by atoms with E-state index in [1.165, 1.54) is 0 Å². The van der Waals surface area contributed by atoms with Crippen molar-refractivity contribution >= 4 is 5.97 Å². The molecule has 0 radical (unpaired) electrons. The smallest absolute Gasteiger partial charge is 0.339 e. The molecule has 0 aliphatic rings. The Kier molecular flexibility index (Phi) is 2.46. The molecule has 5 heteroatoms. The van der Waals surface area contributed by atoms with Crippen LogP contribution in [0.3, 0.4) is 0 Å². The Morgan fingerprint density at radius 2 is 2.08 bits per heavy atom. The number of carboxylic acids is 1. The highest BCUT2D eigenvalue weighted by molar-refractivity contribution is 5.90. The van der Waals surface area contributed by atoms with Crippen molar-refractivity contribution in [3.8, 4) is 5.75 Å². The normalized spacial score (nSPS) is 9.77. The third-order valence-electron chi connectivity index (χ3n) is 1.44. The van der Waals surface area contributed by atoms with E-state index in [1.54, 1.807) is 0 Å². The molecular weight excluding hydrogens is 182 g/mol. The van der Waals surface area contributed by atoms with Gasteiger partial charge in [0.1, 0.15) is 11.4 Å². The molecule has 13 heavy (non-hydrogen) atoms. The molecule has 1 N–H and O–H groups in total. The largest absolute Gasteiger partial charge is 0.493 e. The van der Waals surface area contributed by atoms with Crippen molar-refractivity contribution in [2.45, 2.75) is 0 Å². The molecule has 0 bridgehead atoms. The van der Waals surface area contributed by atoms with Gasteiger partial charge in [0.15, 0.2) is 11.6 Å². The summed E-state index contributed by atoms with van der Waals surface area (Å²) in [5.74, 6) is -3.88. The number of ether oxygens (including phenoxy) is 1. The van der Waals surface area contributed by atoms with Crippen LogP contribution in [0.4, 0.5) is 8.78 Å². The fourth-order valence-electron chi connectivity index (χ4n) is 0.927. The summed E-state index contributed by atoms with van der Waals surface area (Å²) in [5.41, 5.74) is -0.528. The first-order chi connectivity index (χ1) is 6.06. The number of rotatable bonds is 2. The molecule has 0 atom stereocenters. The van der Waals surface area contributed by atoms with Gasteiger partial charge in [-0.05, 0) is 6.07 Å². The van der Waals surface area contributed by atoms with E-state index in [-0.39, 0.29) is 0 Å². The summed E-state index contributed by atoms with van der Waals surface area (Å²) in [6, 6.07) is 1.26. The fraction of sp³-hybridized carbons (Fsp3) is 0.125. The number of hydrogen-bond acceptors (Lipinski definition) is 2. The maximum atomic E-state index is 12.8. The van der Waals surface area contributed by atoms with Gasteiger partial charge >= 0.3 is 5.97 Å². The molecule has 1 rings (SSSR count). The Morgan fingerprint density at radius 1 is 1.46 bits per heavy atom. The van der Waals surface area contributed by atoms with E-state index in [1.807, 2.05) is 0 Å². The lowest BCUT2D eigenvalue weighted by Crippen LogP contribution is -2.03. The third-order valence-corrected chi connectivity index (χ3v) is 1.44. The Bertz CT molecular complexity index is 349. The van der Waals surface area contributed by atoms with Gasteiger partial charge in [0.05, 0.1) is 7.11 Å². The first-order valence-corrected chi connectivity index (χ1v) is 3.32. The molecule has 3 nitrogen and oxygen atoms in total. The van der Waals surface area contributed by atoms with Gasteiger partial charge in [-0.1, -0.05) is 0 Å². The minimum absolute atomic E-state index is 0.464. The summed E-state index contributed by atoms with van der Waals surface area (Å²) in [6.45, 7) is 0. The molecule has 0 saturated carbocycles. The predicted octanol–water partition coefficient (Wildman–Crippen LogP) is 1.67. The summed E-state index contributed by atoms with van der Waals surface area (Å²) < 4.78 is 29.9. The second-order valence-electron chi connectivity index (χ2n) is 2.27. The van der Waals surface area contributed by atoms with Gasteiger partial charge in [-0.25, -0.2) is 13.6 Å². The van der Waals surface area contributed by atoms with Gasteiger partial charge < -0.3 is 9.84 Å². The lowest BCUT2D eigenvalue weighted by atomic mass is 10.2. The molecule has 1 aromatic carbocycles. The highest BCUT2D eigenvalue weighted by atomic mass is 19.1. The van der Waals surface area contributed by atoms with Crippen LogP contribution in [0.5, 0.6) is 5.75 Å². The van der Waals surface area contributed by atoms with Crippen molar-refractivity contribution in [3.05, 3.63) is 29.3 Å². The van der Waals surface area contributed by atoms with Crippen molar-refractivity contribution < 1.29 is 23.4 Å². The average Bonchev–Trinajstić information content (AvgIpc) is 2.02. The zero-order valence-corrected chi connectivity index (χ0v) is 6.67. The minimum atomic E-state index is -1.43. The van der Waals surface area contributed by atoms with Crippen molar-refractivity contribution in [3.63, 3.8) is 0 Å². The molecule has 70 valence electrons. The number of halogens is 2. The lowest BCUT2D eigenvalue weighted by molar-refractivity contribution is 0.0691. The summed E-state index contributed by atoms with van der Waals surface area (Å²) in [5, 5.41) is 8.53. The van der Waals surface area contributed by atoms with Crippen molar-refractivity contribution in [2.24, 2.45) is 0 Å². The van der Waals surface area contributed by atoms with Crippen LogP contribution in [0, 0.1) is 11.6 Å². The van der Waals surface area contributed by atoms with E-state index in [0.717, 1.165) is 7.11 Å². The van der Waals surface area contributed by atoms with Crippen LogP contribution in [0.2, 0.25) is 0 Å². The minimum Gasteiger partial charge on any atom is -0.493 e. The molecular formula is C8H6F2O3. The number of hydrogen-bond donors (Lipinski definition) is 1. The summed E-state index contributed by atoms with van der Waals surface area (Å²) in [6.07, 6.45) is 0. The Morgan fingerprint density at radius 3 is 2.54 bits per heavy atom. The van der Waals surface area contributed by atoms with Gasteiger partial charge in [-0.15, -0.1) is 0 Å². The van der Waals surface area contributed by atoms with Crippen molar-refractivity contribution in [1.29, 1.82) is 0 Å². The average molecular weight is 188 g/mol. The second-order valence-corrected chi connectivity index (χ2v) is 2.27. The van der Waals surface area contributed by atoms with E-state index < -0.39 is 28.9 Å². The van der Waals surface area contributed by atoms with Crippen molar-refractivity contribution in [2.75, 3.05) is 7.11 Å². The van der Waals surface area contributed by atoms with Gasteiger partial charge in [0, 0.05) is 6.07 Å². The molecule has 1 aromatic rings. The Hall–Kier alpha value is -1.65.